The summed E-state index contributed by atoms with van der Waals surface area (Å²) >= 11 is 5.84. The molecule has 1 atom stereocenters. The molecule has 0 unspecified atom stereocenters. The number of benzene rings is 2. The van der Waals surface area contributed by atoms with Gasteiger partial charge < -0.3 is 5.32 Å². The van der Waals surface area contributed by atoms with Crippen molar-refractivity contribution in [3.05, 3.63) is 70.2 Å². The summed E-state index contributed by atoms with van der Waals surface area (Å²) in [5.41, 5.74) is 3.09. The van der Waals surface area contributed by atoms with Crippen LogP contribution in [-0.4, -0.2) is 18.4 Å². The fraction of sp³-hybridized carbons (Fsp3) is 0.278. The summed E-state index contributed by atoms with van der Waals surface area (Å²) in [4.78, 5) is 12.2. The number of Topliss-reactive ketones (excluding diaryl/α,β-unsaturated/α-hetero) is 1. The van der Waals surface area contributed by atoms with Crippen molar-refractivity contribution in [2.75, 3.05) is 6.54 Å². The lowest BCUT2D eigenvalue weighted by Crippen LogP contribution is -2.44. The van der Waals surface area contributed by atoms with E-state index in [0.717, 1.165) is 18.5 Å². The van der Waals surface area contributed by atoms with Gasteiger partial charge in [-0.05, 0) is 54.8 Å². The number of carbonyl (C=O) groups excluding carboxylic acids is 1. The molecule has 1 heterocycles. The number of halogens is 1. The Balaban J connectivity index is 1.61. The number of ketones is 1. The molecule has 2 aromatic carbocycles. The van der Waals surface area contributed by atoms with Crippen molar-refractivity contribution in [1.29, 1.82) is 0 Å². The third-order valence-electron chi connectivity index (χ3n) is 3.96. The highest BCUT2D eigenvalue weighted by atomic mass is 35.5. The Hall–Kier alpha value is -1.64. The molecule has 0 saturated carbocycles. The molecular formula is C18H18ClNO. The van der Waals surface area contributed by atoms with Crippen LogP contribution in [0.4, 0.5) is 0 Å². The van der Waals surface area contributed by atoms with Gasteiger partial charge in [0.1, 0.15) is 0 Å². The van der Waals surface area contributed by atoms with Crippen LogP contribution >= 0.6 is 11.6 Å². The average molecular weight is 300 g/mol. The summed E-state index contributed by atoms with van der Waals surface area (Å²) in [6.07, 6.45) is 2.77. The number of hydrogen-bond donors (Lipinski definition) is 1. The minimum Gasteiger partial charge on any atom is -0.314 e. The first-order valence-electron chi connectivity index (χ1n) is 7.31. The van der Waals surface area contributed by atoms with Gasteiger partial charge in [-0.15, -0.1) is 0 Å². The van der Waals surface area contributed by atoms with Gasteiger partial charge >= 0.3 is 0 Å². The molecule has 1 saturated heterocycles. The standard InChI is InChI=1S/C18H18ClNO/c19-16-7-5-15(6-8-16)18(21)12-14-3-1-13(2-4-14)11-17-9-10-20-17/h1-8,17,20H,9-12H2/t17-/m0/s1. The number of rotatable bonds is 5. The Morgan fingerprint density at radius 1 is 1.05 bits per heavy atom. The molecule has 0 spiro atoms. The molecule has 3 heteroatoms. The van der Waals surface area contributed by atoms with Crippen LogP contribution in [0.2, 0.25) is 5.02 Å². The quantitative estimate of drug-likeness (QED) is 0.854. The highest BCUT2D eigenvalue weighted by Crippen LogP contribution is 2.15. The van der Waals surface area contributed by atoms with Gasteiger partial charge in [-0.3, -0.25) is 4.79 Å². The maximum absolute atomic E-state index is 12.2. The molecule has 108 valence electrons. The van der Waals surface area contributed by atoms with Crippen LogP contribution < -0.4 is 5.32 Å². The van der Waals surface area contributed by atoms with Gasteiger partial charge in [0.05, 0.1) is 0 Å². The topological polar surface area (TPSA) is 29.1 Å². The second-order valence-electron chi connectivity index (χ2n) is 5.57. The van der Waals surface area contributed by atoms with Crippen LogP contribution in [0.3, 0.4) is 0 Å². The molecular weight excluding hydrogens is 282 g/mol. The summed E-state index contributed by atoms with van der Waals surface area (Å²) in [6, 6.07) is 16.1. The van der Waals surface area contributed by atoms with Gasteiger partial charge in [-0.1, -0.05) is 35.9 Å². The molecule has 21 heavy (non-hydrogen) atoms. The predicted molar refractivity (Wildman–Crippen MR) is 86.0 cm³/mol. The second-order valence-corrected chi connectivity index (χ2v) is 6.00. The first kappa shape index (κ1) is 14.3. The minimum atomic E-state index is 0.125. The van der Waals surface area contributed by atoms with Gasteiger partial charge in [0.15, 0.2) is 5.78 Å². The Morgan fingerprint density at radius 3 is 2.24 bits per heavy atom. The zero-order valence-electron chi connectivity index (χ0n) is 11.8. The van der Waals surface area contributed by atoms with Crippen LogP contribution in [0.1, 0.15) is 27.9 Å². The van der Waals surface area contributed by atoms with E-state index in [0.29, 0.717) is 23.0 Å². The fourth-order valence-electron chi connectivity index (χ4n) is 2.52. The molecule has 1 aliphatic heterocycles. The van der Waals surface area contributed by atoms with E-state index in [1.165, 1.54) is 12.0 Å². The molecule has 2 nitrogen and oxygen atoms in total. The first-order valence-corrected chi connectivity index (χ1v) is 7.68. The highest BCUT2D eigenvalue weighted by molar-refractivity contribution is 6.30. The third kappa shape index (κ3) is 3.72. The largest absolute Gasteiger partial charge is 0.314 e. The fourth-order valence-corrected chi connectivity index (χ4v) is 2.65. The monoisotopic (exact) mass is 299 g/mol. The van der Waals surface area contributed by atoms with Gasteiger partial charge in [0.2, 0.25) is 0 Å². The van der Waals surface area contributed by atoms with Gasteiger partial charge in [-0.2, -0.15) is 0 Å². The Kier molecular flexibility index (Phi) is 4.37. The minimum absolute atomic E-state index is 0.125. The van der Waals surface area contributed by atoms with Crippen molar-refractivity contribution in [1.82, 2.24) is 5.32 Å². The van der Waals surface area contributed by atoms with Crippen LogP contribution in [0.25, 0.3) is 0 Å². The van der Waals surface area contributed by atoms with Crippen molar-refractivity contribution < 1.29 is 4.79 Å². The summed E-state index contributed by atoms with van der Waals surface area (Å²) in [7, 11) is 0. The van der Waals surface area contributed by atoms with Crippen molar-refractivity contribution in [3.63, 3.8) is 0 Å². The molecule has 0 aromatic heterocycles. The molecule has 3 rings (SSSR count). The smallest absolute Gasteiger partial charge is 0.167 e. The molecule has 0 amide bonds. The zero-order valence-corrected chi connectivity index (χ0v) is 12.6. The van der Waals surface area contributed by atoms with Crippen molar-refractivity contribution in [3.8, 4) is 0 Å². The summed E-state index contributed by atoms with van der Waals surface area (Å²) < 4.78 is 0. The molecule has 0 aliphatic carbocycles. The van der Waals surface area contributed by atoms with Crippen molar-refractivity contribution in [2.45, 2.75) is 25.3 Å². The van der Waals surface area contributed by atoms with E-state index in [1.54, 1.807) is 24.3 Å². The van der Waals surface area contributed by atoms with E-state index in [1.807, 2.05) is 0 Å². The maximum Gasteiger partial charge on any atom is 0.167 e. The lowest BCUT2D eigenvalue weighted by Gasteiger charge is -2.27. The summed E-state index contributed by atoms with van der Waals surface area (Å²) in [6.45, 7) is 1.14. The lowest BCUT2D eigenvalue weighted by molar-refractivity contribution is 0.0993. The lowest BCUT2D eigenvalue weighted by atomic mass is 9.96. The maximum atomic E-state index is 12.2. The van der Waals surface area contributed by atoms with Crippen molar-refractivity contribution >= 4 is 17.4 Å². The zero-order chi connectivity index (χ0) is 14.7. The number of nitrogens with one attached hydrogen (secondary N) is 1. The average Bonchev–Trinajstić information content (AvgIpc) is 2.45. The SMILES string of the molecule is O=C(Cc1ccc(C[C@@H]2CCN2)cc1)c1ccc(Cl)cc1. The van der Waals surface area contributed by atoms with E-state index in [9.17, 15) is 4.79 Å². The van der Waals surface area contributed by atoms with Crippen LogP contribution in [0.5, 0.6) is 0 Å². The van der Waals surface area contributed by atoms with Gasteiger partial charge in [0, 0.05) is 23.0 Å². The Morgan fingerprint density at radius 2 is 1.67 bits per heavy atom. The molecule has 1 N–H and O–H groups in total. The number of carbonyl (C=O) groups is 1. The Labute approximate surface area is 130 Å². The normalized spacial score (nSPS) is 17.3. The first-order chi connectivity index (χ1) is 10.2. The van der Waals surface area contributed by atoms with E-state index in [-0.39, 0.29) is 5.78 Å². The summed E-state index contributed by atoms with van der Waals surface area (Å²) in [5, 5.41) is 4.06. The number of hydrogen-bond acceptors (Lipinski definition) is 2. The molecule has 1 aliphatic rings. The van der Waals surface area contributed by atoms with E-state index in [2.05, 4.69) is 29.6 Å². The van der Waals surface area contributed by atoms with Crippen LogP contribution in [0.15, 0.2) is 48.5 Å². The van der Waals surface area contributed by atoms with E-state index in [4.69, 9.17) is 11.6 Å². The van der Waals surface area contributed by atoms with Crippen LogP contribution in [-0.2, 0) is 12.8 Å². The van der Waals surface area contributed by atoms with Gasteiger partial charge in [-0.25, -0.2) is 0 Å². The molecule has 1 fully saturated rings. The van der Waals surface area contributed by atoms with Crippen LogP contribution in [0, 0.1) is 0 Å². The van der Waals surface area contributed by atoms with Gasteiger partial charge in [0.25, 0.3) is 0 Å². The summed E-state index contributed by atoms with van der Waals surface area (Å²) in [5.74, 6) is 0.125. The highest BCUT2D eigenvalue weighted by Gasteiger charge is 2.16. The molecule has 0 radical (unpaired) electrons. The molecule has 0 bridgehead atoms. The third-order valence-corrected chi connectivity index (χ3v) is 4.21. The molecule has 2 aromatic rings. The van der Waals surface area contributed by atoms with Crippen molar-refractivity contribution in [2.24, 2.45) is 0 Å². The predicted octanol–water partition coefficient (Wildman–Crippen LogP) is 3.67. The second kappa shape index (κ2) is 6.42. The Bertz CT molecular complexity index is 615. The van der Waals surface area contributed by atoms with E-state index >= 15 is 0 Å². The van der Waals surface area contributed by atoms with E-state index < -0.39 is 0 Å².